The summed E-state index contributed by atoms with van der Waals surface area (Å²) in [7, 11) is 0. The van der Waals surface area contributed by atoms with Gasteiger partial charge in [0.25, 0.3) is 0 Å². The van der Waals surface area contributed by atoms with Crippen molar-refractivity contribution in [1.82, 2.24) is 9.97 Å². The van der Waals surface area contributed by atoms with Crippen molar-refractivity contribution >= 4 is 11.6 Å². The molecule has 1 heterocycles. The van der Waals surface area contributed by atoms with E-state index in [2.05, 4.69) is 69.1 Å². The maximum atomic E-state index is 4.27. The highest BCUT2D eigenvalue weighted by atomic mass is 15.1. The molecule has 2 aromatic carbocycles. The minimum Gasteiger partial charge on any atom is -0.370 e. The van der Waals surface area contributed by atoms with E-state index in [4.69, 9.17) is 0 Å². The summed E-state index contributed by atoms with van der Waals surface area (Å²) in [6.07, 6.45) is 3.54. The Morgan fingerprint density at radius 2 is 1.08 bits per heavy atom. The van der Waals surface area contributed by atoms with Crippen molar-refractivity contribution in [2.24, 2.45) is 0 Å². The minimum absolute atomic E-state index is 0.850. The van der Waals surface area contributed by atoms with Crippen LogP contribution in [0.5, 0.6) is 0 Å². The van der Waals surface area contributed by atoms with Gasteiger partial charge in [0.05, 0.1) is 0 Å². The van der Waals surface area contributed by atoms with Crippen molar-refractivity contribution in [2.45, 2.75) is 12.8 Å². The highest BCUT2D eigenvalue weighted by Crippen LogP contribution is 2.09. The Morgan fingerprint density at radius 1 is 0.625 bits per heavy atom. The molecule has 3 aromatic rings. The molecule has 2 N–H and O–H groups in total. The second kappa shape index (κ2) is 8.67. The van der Waals surface area contributed by atoms with Crippen LogP contribution in [-0.2, 0) is 12.8 Å². The molecule has 0 saturated heterocycles. The molecule has 0 spiro atoms. The Bertz CT molecular complexity index is 668. The number of nitrogens with one attached hydrogen (secondary N) is 2. The first kappa shape index (κ1) is 16.0. The zero-order valence-corrected chi connectivity index (χ0v) is 13.7. The number of hydrogen-bond acceptors (Lipinski definition) is 4. The first-order valence-electron chi connectivity index (χ1n) is 8.28. The van der Waals surface area contributed by atoms with Gasteiger partial charge in [-0.1, -0.05) is 60.7 Å². The topological polar surface area (TPSA) is 49.8 Å². The van der Waals surface area contributed by atoms with Gasteiger partial charge in [-0.05, 0) is 24.0 Å². The molecule has 0 saturated carbocycles. The summed E-state index contributed by atoms with van der Waals surface area (Å²) in [5, 5.41) is 6.70. The summed E-state index contributed by atoms with van der Waals surface area (Å²) in [6.45, 7) is 1.70. The van der Waals surface area contributed by atoms with Crippen LogP contribution in [0.4, 0.5) is 11.6 Å². The molecule has 0 bridgehead atoms. The molecule has 0 atom stereocenters. The molecule has 0 fully saturated rings. The summed E-state index contributed by atoms with van der Waals surface area (Å²) in [4.78, 5) is 8.55. The Morgan fingerprint density at radius 3 is 1.54 bits per heavy atom. The zero-order valence-electron chi connectivity index (χ0n) is 13.7. The second-order valence-electron chi connectivity index (χ2n) is 5.61. The van der Waals surface area contributed by atoms with Crippen molar-refractivity contribution in [2.75, 3.05) is 23.7 Å². The molecule has 0 aliphatic carbocycles. The lowest BCUT2D eigenvalue weighted by Gasteiger charge is -2.09. The lowest BCUT2D eigenvalue weighted by atomic mass is 10.1. The summed E-state index contributed by atoms with van der Waals surface area (Å²) in [5.41, 5.74) is 2.64. The molecule has 24 heavy (non-hydrogen) atoms. The van der Waals surface area contributed by atoms with Crippen molar-refractivity contribution in [3.63, 3.8) is 0 Å². The SMILES string of the molecule is c1ccc(CCNc2cc(NCCc3ccccc3)ncn2)cc1. The standard InChI is InChI=1S/C20H22N4/c1-3-7-17(8-4-1)11-13-21-19-15-20(24-16-23-19)22-14-12-18-9-5-2-6-10-18/h1-10,15-16H,11-14H2,(H2,21,22,23,24). The summed E-state index contributed by atoms with van der Waals surface area (Å²) in [5.74, 6) is 1.70. The molecule has 0 aliphatic rings. The summed E-state index contributed by atoms with van der Waals surface area (Å²) >= 11 is 0. The van der Waals surface area contributed by atoms with E-state index in [1.807, 2.05) is 18.2 Å². The number of nitrogens with zero attached hydrogens (tertiary/aromatic N) is 2. The molecule has 0 radical (unpaired) electrons. The Hall–Kier alpha value is -2.88. The molecule has 4 heteroatoms. The molecule has 122 valence electrons. The van der Waals surface area contributed by atoms with Crippen LogP contribution >= 0.6 is 0 Å². The van der Waals surface area contributed by atoms with Gasteiger partial charge in [0.15, 0.2) is 0 Å². The van der Waals surface area contributed by atoms with Crippen LogP contribution in [0.2, 0.25) is 0 Å². The van der Waals surface area contributed by atoms with Gasteiger partial charge in [-0.15, -0.1) is 0 Å². The summed E-state index contributed by atoms with van der Waals surface area (Å²) in [6, 6.07) is 22.8. The van der Waals surface area contributed by atoms with E-state index in [-0.39, 0.29) is 0 Å². The molecule has 4 nitrogen and oxygen atoms in total. The molecule has 3 rings (SSSR count). The van der Waals surface area contributed by atoms with Gasteiger partial charge in [-0.3, -0.25) is 0 Å². The van der Waals surface area contributed by atoms with Crippen molar-refractivity contribution in [3.8, 4) is 0 Å². The van der Waals surface area contributed by atoms with Crippen LogP contribution in [0.1, 0.15) is 11.1 Å². The van der Waals surface area contributed by atoms with E-state index < -0.39 is 0 Å². The predicted octanol–water partition coefficient (Wildman–Crippen LogP) is 3.79. The van der Waals surface area contributed by atoms with Gasteiger partial charge in [-0.2, -0.15) is 0 Å². The van der Waals surface area contributed by atoms with Crippen LogP contribution in [-0.4, -0.2) is 23.1 Å². The Balaban J connectivity index is 1.45. The number of hydrogen-bond donors (Lipinski definition) is 2. The predicted molar refractivity (Wildman–Crippen MR) is 99.3 cm³/mol. The van der Waals surface area contributed by atoms with Crippen molar-refractivity contribution in [1.29, 1.82) is 0 Å². The molecule has 0 amide bonds. The van der Waals surface area contributed by atoms with E-state index >= 15 is 0 Å². The average molecular weight is 318 g/mol. The molecule has 1 aromatic heterocycles. The van der Waals surface area contributed by atoms with Gasteiger partial charge >= 0.3 is 0 Å². The third-order valence-electron chi connectivity index (χ3n) is 3.79. The van der Waals surface area contributed by atoms with Crippen LogP contribution in [0, 0.1) is 0 Å². The van der Waals surface area contributed by atoms with Gasteiger partial charge in [0.2, 0.25) is 0 Å². The van der Waals surface area contributed by atoms with Crippen LogP contribution in [0.15, 0.2) is 73.1 Å². The maximum absolute atomic E-state index is 4.27. The first-order valence-corrected chi connectivity index (χ1v) is 8.28. The smallest absolute Gasteiger partial charge is 0.131 e. The third-order valence-corrected chi connectivity index (χ3v) is 3.79. The van der Waals surface area contributed by atoms with Crippen LogP contribution in [0.25, 0.3) is 0 Å². The van der Waals surface area contributed by atoms with Gasteiger partial charge < -0.3 is 10.6 Å². The van der Waals surface area contributed by atoms with E-state index in [1.54, 1.807) is 6.33 Å². The highest BCUT2D eigenvalue weighted by Gasteiger charge is 1.99. The number of rotatable bonds is 8. The maximum Gasteiger partial charge on any atom is 0.131 e. The fraction of sp³-hybridized carbons (Fsp3) is 0.200. The first-order chi connectivity index (χ1) is 11.9. The van der Waals surface area contributed by atoms with E-state index in [1.165, 1.54) is 11.1 Å². The fourth-order valence-electron chi connectivity index (χ4n) is 2.51. The van der Waals surface area contributed by atoms with Crippen molar-refractivity contribution in [3.05, 3.63) is 84.2 Å². The van der Waals surface area contributed by atoms with E-state index in [9.17, 15) is 0 Å². The lowest BCUT2D eigenvalue weighted by Crippen LogP contribution is -2.09. The number of anilines is 2. The van der Waals surface area contributed by atoms with Gasteiger partial charge in [0, 0.05) is 19.2 Å². The quantitative estimate of drug-likeness (QED) is 0.663. The molecule has 0 unspecified atom stereocenters. The number of aromatic nitrogens is 2. The normalized spacial score (nSPS) is 10.3. The third kappa shape index (κ3) is 5.09. The molecular weight excluding hydrogens is 296 g/mol. The fourth-order valence-corrected chi connectivity index (χ4v) is 2.51. The second-order valence-corrected chi connectivity index (χ2v) is 5.61. The van der Waals surface area contributed by atoms with Crippen LogP contribution in [0.3, 0.4) is 0 Å². The van der Waals surface area contributed by atoms with Crippen molar-refractivity contribution < 1.29 is 0 Å². The Kier molecular flexibility index (Phi) is 5.78. The monoisotopic (exact) mass is 318 g/mol. The van der Waals surface area contributed by atoms with Crippen LogP contribution < -0.4 is 10.6 Å². The average Bonchev–Trinajstić information content (AvgIpc) is 2.64. The molecule has 0 aliphatic heterocycles. The highest BCUT2D eigenvalue weighted by molar-refractivity contribution is 5.46. The van der Waals surface area contributed by atoms with Gasteiger partial charge in [0.1, 0.15) is 18.0 Å². The van der Waals surface area contributed by atoms with Gasteiger partial charge in [-0.25, -0.2) is 9.97 Å². The zero-order chi connectivity index (χ0) is 16.5. The van der Waals surface area contributed by atoms with E-state index in [0.717, 1.165) is 37.6 Å². The van der Waals surface area contributed by atoms with E-state index in [0.29, 0.717) is 0 Å². The lowest BCUT2D eigenvalue weighted by molar-refractivity contribution is 0.983. The molecular formula is C20H22N4. The Labute approximate surface area is 143 Å². The minimum atomic E-state index is 0.850. The summed E-state index contributed by atoms with van der Waals surface area (Å²) < 4.78 is 0. The number of benzene rings is 2. The largest absolute Gasteiger partial charge is 0.370 e.